The van der Waals surface area contributed by atoms with Gasteiger partial charge in [0.1, 0.15) is 6.61 Å². The lowest BCUT2D eigenvalue weighted by molar-refractivity contribution is -0.253. The molecule has 224 valence electrons. The first-order valence-electron chi connectivity index (χ1n) is 11.7. The van der Waals surface area contributed by atoms with Gasteiger partial charge in [-0.25, -0.2) is 14.4 Å². The zero-order valence-electron chi connectivity index (χ0n) is 21.4. The Morgan fingerprint density at radius 1 is 0.884 bits per heavy atom. The molecule has 0 bridgehead atoms. The first-order valence-corrected chi connectivity index (χ1v) is 14.6. The van der Waals surface area contributed by atoms with Gasteiger partial charge in [0.2, 0.25) is 0 Å². The third-order valence-corrected chi connectivity index (χ3v) is 7.55. The highest BCUT2D eigenvalue weighted by Gasteiger charge is 2.34. The molecular formula is C25H20N4O12S2. The van der Waals surface area contributed by atoms with Crippen LogP contribution in [0, 0.1) is 0 Å². The normalized spacial score (nSPS) is 15.2. The van der Waals surface area contributed by atoms with Crippen LogP contribution in [0.5, 0.6) is 0 Å². The van der Waals surface area contributed by atoms with Crippen LogP contribution in [0.4, 0.5) is 5.69 Å². The quantitative estimate of drug-likeness (QED) is 0.0704. The predicted octanol–water partition coefficient (Wildman–Crippen LogP) is 1.63. The number of nitrogens with one attached hydrogen (secondary N) is 1. The summed E-state index contributed by atoms with van der Waals surface area (Å²) in [6.07, 6.45) is 6.53. The molecule has 1 aromatic heterocycles. The number of hydrogen-bond acceptors (Lipinski definition) is 10. The van der Waals surface area contributed by atoms with E-state index in [4.69, 9.17) is 14.4 Å². The summed E-state index contributed by atoms with van der Waals surface area (Å²) in [5, 5.41) is 25.7. The fourth-order valence-corrected chi connectivity index (χ4v) is 4.78. The third kappa shape index (κ3) is 6.75. The second kappa shape index (κ2) is 12.1. The van der Waals surface area contributed by atoms with E-state index in [2.05, 4.69) is 15.1 Å². The van der Waals surface area contributed by atoms with Gasteiger partial charge in [0.25, 0.3) is 31.7 Å². The molecule has 0 spiro atoms. The van der Waals surface area contributed by atoms with Gasteiger partial charge in [0.05, 0.1) is 38.0 Å². The smallest absolute Gasteiger partial charge is 0.357 e. The fraction of sp³-hybridized carbons (Fsp3) is 0.0400. The number of carbonyl (C=O) groups excluding carboxylic acids is 1. The van der Waals surface area contributed by atoms with Gasteiger partial charge in [0.15, 0.2) is 5.71 Å². The van der Waals surface area contributed by atoms with Crippen LogP contribution in [-0.2, 0) is 41.3 Å². The van der Waals surface area contributed by atoms with E-state index >= 15 is 0 Å². The highest BCUT2D eigenvalue weighted by atomic mass is 32.2. The second-order valence-electron chi connectivity index (χ2n) is 8.55. The van der Waals surface area contributed by atoms with E-state index in [1.807, 2.05) is 0 Å². The molecule has 0 saturated heterocycles. The Morgan fingerprint density at radius 2 is 1.44 bits per heavy atom. The predicted molar refractivity (Wildman–Crippen MR) is 149 cm³/mol. The van der Waals surface area contributed by atoms with E-state index in [0.29, 0.717) is 0 Å². The Hall–Kier alpha value is -4.98. The van der Waals surface area contributed by atoms with Crippen LogP contribution < -0.4 is 10.6 Å². The molecule has 4 rings (SSSR count). The topological polar surface area (TPSA) is 246 Å². The van der Waals surface area contributed by atoms with E-state index in [1.165, 1.54) is 36.4 Å². The van der Waals surface area contributed by atoms with Crippen LogP contribution in [0.15, 0.2) is 98.1 Å². The van der Waals surface area contributed by atoms with Crippen molar-refractivity contribution in [1.29, 1.82) is 0 Å². The molecule has 2 heterocycles. The molecule has 0 saturated carbocycles. The van der Waals surface area contributed by atoms with Crippen molar-refractivity contribution >= 4 is 49.6 Å². The molecule has 1 aliphatic heterocycles. The van der Waals surface area contributed by atoms with Crippen LogP contribution in [0.1, 0.15) is 11.3 Å². The molecule has 1 amide bonds. The molecule has 1 aliphatic rings. The van der Waals surface area contributed by atoms with Gasteiger partial charge in [-0.15, -0.1) is 0 Å². The lowest BCUT2D eigenvalue weighted by atomic mass is 10.1. The first kappa shape index (κ1) is 31.0. The maximum Gasteiger partial charge on any atom is 0.357 e. The Balaban J connectivity index is 1.58. The number of hydrogen-bond donors (Lipinski definition) is 5. The molecule has 0 fully saturated rings. The standard InChI is InChI=1S/C25H20N4O12S2/c30-23-19(21(14-41-34)26-28(23)15-6-10-17(11-7-15)42(35,36)37)4-2-1-3-5-20-22(25(32)33)27-29(24(20)31)16-8-12-18(13-9-16)43(38,39)40/h1-13,26,34H,14H2,(H,32,33)(H,35,36,37)(H,38,39,40)/b3-1+,4-2+,20-5-. The van der Waals surface area contributed by atoms with E-state index in [-0.39, 0.29) is 33.1 Å². The first-order chi connectivity index (χ1) is 20.2. The van der Waals surface area contributed by atoms with E-state index in [0.717, 1.165) is 52.2 Å². The van der Waals surface area contributed by atoms with Gasteiger partial charge in [0, 0.05) is 0 Å². The van der Waals surface area contributed by atoms with Crippen molar-refractivity contribution in [2.45, 2.75) is 16.4 Å². The highest BCUT2D eigenvalue weighted by Crippen LogP contribution is 2.25. The fourth-order valence-electron chi connectivity index (χ4n) is 3.82. The van der Waals surface area contributed by atoms with Gasteiger partial charge in [-0.2, -0.15) is 26.9 Å². The summed E-state index contributed by atoms with van der Waals surface area (Å²) in [6.45, 7) is -0.424. The number of aliphatic carboxylic acids is 1. The molecule has 18 heteroatoms. The largest absolute Gasteiger partial charge is 0.476 e. The van der Waals surface area contributed by atoms with Crippen LogP contribution in [-0.4, -0.2) is 63.7 Å². The van der Waals surface area contributed by atoms with Crippen LogP contribution in [0.25, 0.3) is 11.8 Å². The van der Waals surface area contributed by atoms with Crippen LogP contribution in [0.3, 0.4) is 0 Å². The molecule has 5 N–H and O–H groups in total. The van der Waals surface area contributed by atoms with Gasteiger partial charge in [-0.3, -0.25) is 29.1 Å². The maximum atomic E-state index is 13.0. The number of carboxylic acids is 1. The van der Waals surface area contributed by atoms with Crippen molar-refractivity contribution in [3.05, 3.63) is 100 Å². The number of benzene rings is 2. The summed E-state index contributed by atoms with van der Waals surface area (Å²) in [6, 6.07) is 9.03. The van der Waals surface area contributed by atoms with Crippen molar-refractivity contribution in [2.24, 2.45) is 5.10 Å². The lowest BCUT2D eigenvalue weighted by Crippen LogP contribution is -2.22. The van der Waals surface area contributed by atoms with Crippen molar-refractivity contribution in [3.8, 4) is 5.69 Å². The van der Waals surface area contributed by atoms with Gasteiger partial charge in [-0.1, -0.05) is 18.2 Å². The van der Waals surface area contributed by atoms with Crippen molar-refractivity contribution < 1.29 is 50.8 Å². The number of nitrogens with zero attached hydrogens (tertiary/aromatic N) is 3. The van der Waals surface area contributed by atoms with Gasteiger partial charge < -0.3 is 5.11 Å². The Bertz CT molecular complexity index is 1990. The number of aromatic nitrogens is 2. The van der Waals surface area contributed by atoms with Crippen LogP contribution in [0.2, 0.25) is 0 Å². The number of carboxylic acid groups (broad SMARTS) is 1. The Morgan fingerprint density at radius 3 is 1.95 bits per heavy atom. The summed E-state index contributed by atoms with van der Waals surface area (Å²) in [5.74, 6) is -2.34. The number of carbonyl (C=O) groups is 2. The third-order valence-electron chi connectivity index (χ3n) is 5.81. The van der Waals surface area contributed by atoms with E-state index in [9.17, 15) is 36.3 Å². The van der Waals surface area contributed by atoms with Crippen molar-refractivity contribution in [1.82, 2.24) is 9.78 Å². The minimum absolute atomic E-state index is 0.0365. The van der Waals surface area contributed by atoms with Gasteiger partial charge >= 0.3 is 5.97 Å². The highest BCUT2D eigenvalue weighted by molar-refractivity contribution is 7.86. The number of amides is 1. The molecule has 43 heavy (non-hydrogen) atoms. The summed E-state index contributed by atoms with van der Waals surface area (Å²) in [4.78, 5) is 40.9. The lowest BCUT2D eigenvalue weighted by Gasteiger charge is -2.11. The SMILES string of the molecule is O=C(O)C1=NN(c2ccc(S(=O)(=O)O)cc2)C(=O)\C1=C/C=C/C=C/c1c(COO)[nH]n(-c2ccc(S(=O)(=O)O)cc2)c1=O. The molecule has 16 nitrogen and oxygen atoms in total. The average molecular weight is 633 g/mol. The molecule has 0 unspecified atom stereocenters. The molecule has 0 aliphatic carbocycles. The van der Waals surface area contributed by atoms with Crippen molar-refractivity contribution in [2.75, 3.05) is 5.01 Å². The van der Waals surface area contributed by atoms with E-state index < -0.39 is 54.9 Å². The minimum atomic E-state index is -4.49. The zero-order valence-corrected chi connectivity index (χ0v) is 23.1. The van der Waals surface area contributed by atoms with E-state index in [1.54, 1.807) is 0 Å². The summed E-state index contributed by atoms with van der Waals surface area (Å²) >= 11 is 0. The zero-order chi connectivity index (χ0) is 31.5. The minimum Gasteiger partial charge on any atom is -0.476 e. The average Bonchev–Trinajstić information content (AvgIpc) is 3.44. The van der Waals surface area contributed by atoms with Crippen molar-refractivity contribution in [3.63, 3.8) is 0 Å². The maximum absolute atomic E-state index is 13.0. The molecular weight excluding hydrogens is 612 g/mol. The summed E-state index contributed by atoms with van der Waals surface area (Å²) in [5.41, 5.74) is -1.09. The Kier molecular flexibility index (Phi) is 8.71. The number of allylic oxidation sites excluding steroid dienone is 4. The molecule has 3 aromatic rings. The second-order valence-corrected chi connectivity index (χ2v) is 11.4. The number of H-pyrrole nitrogens is 1. The molecule has 0 atom stereocenters. The van der Waals surface area contributed by atoms with Crippen LogP contribution >= 0.6 is 0 Å². The number of aromatic amines is 1. The summed E-state index contributed by atoms with van der Waals surface area (Å²) < 4.78 is 64.3. The number of anilines is 1. The Labute approximate surface area is 242 Å². The van der Waals surface area contributed by atoms with Gasteiger partial charge in [-0.05, 0) is 60.7 Å². The number of rotatable bonds is 10. The number of hydrazone groups is 1. The summed E-state index contributed by atoms with van der Waals surface area (Å²) in [7, 11) is -8.94. The molecule has 2 aromatic carbocycles. The molecule has 0 radical (unpaired) electrons. The monoisotopic (exact) mass is 632 g/mol.